The summed E-state index contributed by atoms with van der Waals surface area (Å²) in [5.74, 6) is -0.108. The second kappa shape index (κ2) is 9.73. The number of carbonyl (C=O) groups excluding carboxylic acids is 2. The summed E-state index contributed by atoms with van der Waals surface area (Å²) in [6, 6.07) is 17.9. The Labute approximate surface area is 207 Å². The van der Waals surface area contributed by atoms with Crippen LogP contribution in [0.25, 0.3) is 10.9 Å². The molecule has 1 unspecified atom stereocenters. The van der Waals surface area contributed by atoms with E-state index in [1.54, 1.807) is 55.3 Å². The molecule has 3 aromatic carbocycles. The number of aromatic amines is 1. The minimum Gasteiger partial charge on any atom is -0.497 e. The number of ether oxygens (including phenoxy) is 2. The van der Waals surface area contributed by atoms with Crippen LogP contribution in [0.2, 0.25) is 0 Å². The lowest BCUT2D eigenvalue weighted by molar-refractivity contribution is 0.0527. The summed E-state index contributed by atoms with van der Waals surface area (Å²) in [4.78, 5) is 31.2. The van der Waals surface area contributed by atoms with Gasteiger partial charge in [-0.05, 0) is 66.9 Å². The number of hydrogen-bond acceptors (Lipinski definition) is 4. The van der Waals surface area contributed by atoms with Gasteiger partial charge in [-0.1, -0.05) is 24.3 Å². The number of rotatable bonds is 5. The van der Waals surface area contributed by atoms with Gasteiger partial charge >= 0.3 is 12.0 Å². The van der Waals surface area contributed by atoms with Crippen molar-refractivity contribution in [2.24, 2.45) is 0 Å². The Hall–Kier alpha value is -4.33. The van der Waals surface area contributed by atoms with Gasteiger partial charge in [0.05, 0.1) is 31.0 Å². The summed E-state index contributed by atoms with van der Waals surface area (Å²) in [6.07, 6.45) is 0.618. The van der Waals surface area contributed by atoms with Crippen molar-refractivity contribution in [3.63, 3.8) is 0 Å². The van der Waals surface area contributed by atoms with Crippen molar-refractivity contribution in [1.82, 2.24) is 9.88 Å². The molecule has 0 bridgehead atoms. The van der Waals surface area contributed by atoms with Gasteiger partial charge in [0.25, 0.3) is 0 Å². The molecule has 8 heteroatoms. The van der Waals surface area contributed by atoms with E-state index in [-0.39, 0.29) is 24.0 Å². The van der Waals surface area contributed by atoms with E-state index in [4.69, 9.17) is 9.47 Å². The molecule has 2 N–H and O–H groups in total. The Bertz CT molecular complexity index is 1430. The molecule has 0 saturated carbocycles. The highest BCUT2D eigenvalue weighted by molar-refractivity contribution is 6.01. The molecular formula is C28H26FN3O4. The highest BCUT2D eigenvalue weighted by atomic mass is 19.1. The number of H-pyrrole nitrogens is 1. The summed E-state index contributed by atoms with van der Waals surface area (Å²) >= 11 is 0. The number of benzene rings is 3. The van der Waals surface area contributed by atoms with Crippen LogP contribution in [0.15, 0.2) is 66.7 Å². The summed E-state index contributed by atoms with van der Waals surface area (Å²) in [5, 5.41) is 3.92. The number of nitrogens with one attached hydrogen (secondary N) is 2. The molecule has 0 radical (unpaired) electrons. The number of fused-ring (bicyclic) bond motifs is 3. The molecule has 0 spiro atoms. The van der Waals surface area contributed by atoms with Gasteiger partial charge in [0.1, 0.15) is 11.6 Å². The van der Waals surface area contributed by atoms with E-state index in [1.807, 2.05) is 18.2 Å². The third-order valence-corrected chi connectivity index (χ3v) is 6.44. The standard InChI is InChI=1S/C28H26FN3O4/c1-3-36-27(33)21-6-4-5-7-23(21)31-28(34)32-15-14-20-22-16-19(35-2)12-13-24(22)30-25(20)26(32)17-8-10-18(29)11-9-17/h4-13,16,26,30H,3,14-15H2,1-2H3,(H,31,34). The summed E-state index contributed by atoms with van der Waals surface area (Å²) in [7, 11) is 1.63. The van der Waals surface area contributed by atoms with Crippen LogP contribution in [0.3, 0.4) is 0 Å². The molecule has 5 rings (SSSR count). The van der Waals surface area contributed by atoms with Crippen LogP contribution < -0.4 is 10.1 Å². The van der Waals surface area contributed by atoms with Crippen molar-refractivity contribution in [2.75, 3.05) is 25.6 Å². The lowest BCUT2D eigenvalue weighted by atomic mass is 9.92. The van der Waals surface area contributed by atoms with Gasteiger partial charge in [0.15, 0.2) is 0 Å². The molecule has 1 aromatic heterocycles. The summed E-state index contributed by atoms with van der Waals surface area (Å²) in [5.41, 5.74) is 4.30. The molecule has 1 atom stereocenters. The molecule has 4 aromatic rings. The van der Waals surface area contributed by atoms with Gasteiger partial charge in [0.2, 0.25) is 0 Å². The van der Waals surface area contributed by atoms with E-state index in [9.17, 15) is 14.0 Å². The van der Waals surface area contributed by atoms with Crippen LogP contribution in [0, 0.1) is 5.82 Å². The number of hydrogen-bond donors (Lipinski definition) is 2. The first-order valence-corrected chi connectivity index (χ1v) is 11.8. The Morgan fingerprint density at radius 3 is 2.64 bits per heavy atom. The van der Waals surface area contributed by atoms with E-state index in [2.05, 4.69) is 10.3 Å². The first kappa shape index (κ1) is 23.4. The number of amides is 2. The Kier molecular flexibility index (Phi) is 6.33. The average Bonchev–Trinajstić information content (AvgIpc) is 3.27. The van der Waals surface area contributed by atoms with Crippen LogP contribution in [0.4, 0.5) is 14.9 Å². The van der Waals surface area contributed by atoms with E-state index in [0.29, 0.717) is 18.7 Å². The zero-order valence-electron chi connectivity index (χ0n) is 20.0. The maximum atomic E-state index is 13.8. The van der Waals surface area contributed by atoms with Crippen LogP contribution in [-0.4, -0.2) is 42.1 Å². The number of para-hydroxylation sites is 1. The monoisotopic (exact) mass is 487 g/mol. The Balaban J connectivity index is 1.55. The number of halogens is 1. The van der Waals surface area contributed by atoms with Crippen molar-refractivity contribution in [1.29, 1.82) is 0 Å². The quantitative estimate of drug-likeness (QED) is 0.355. The van der Waals surface area contributed by atoms with Crippen LogP contribution in [0.5, 0.6) is 5.75 Å². The molecule has 0 aliphatic carbocycles. The number of anilines is 1. The number of esters is 1. The van der Waals surface area contributed by atoms with E-state index < -0.39 is 12.0 Å². The average molecular weight is 488 g/mol. The zero-order valence-corrected chi connectivity index (χ0v) is 20.0. The van der Waals surface area contributed by atoms with Gasteiger partial charge in [-0.15, -0.1) is 0 Å². The Morgan fingerprint density at radius 2 is 1.89 bits per heavy atom. The van der Waals surface area contributed by atoms with Crippen molar-refractivity contribution >= 4 is 28.6 Å². The maximum Gasteiger partial charge on any atom is 0.340 e. The highest BCUT2D eigenvalue weighted by Crippen LogP contribution is 2.39. The number of nitrogens with zero attached hydrogens (tertiary/aromatic N) is 1. The molecule has 0 fully saturated rings. The second-order valence-electron chi connectivity index (χ2n) is 8.52. The molecule has 2 heterocycles. The lowest BCUT2D eigenvalue weighted by Crippen LogP contribution is -2.43. The molecule has 1 aliphatic rings. The molecule has 36 heavy (non-hydrogen) atoms. The second-order valence-corrected chi connectivity index (χ2v) is 8.52. The maximum absolute atomic E-state index is 13.8. The SMILES string of the molecule is CCOC(=O)c1ccccc1NC(=O)N1CCc2c([nH]c3ccc(OC)cc23)C1c1ccc(F)cc1. The molecule has 2 amide bonds. The fraction of sp³-hybridized carbons (Fsp3) is 0.214. The number of aromatic nitrogens is 1. The highest BCUT2D eigenvalue weighted by Gasteiger charge is 2.35. The van der Waals surface area contributed by atoms with Crippen LogP contribution >= 0.6 is 0 Å². The molecule has 1 aliphatic heterocycles. The molecular weight excluding hydrogens is 461 g/mol. The topological polar surface area (TPSA) is 83.7 Å². The predicted molar refractivity (Wildman–Crippen MR) is 135 cm³/mol. The third kappa shape index (κ3) is 4.26. The minimum atomic E-state index is -0.506. The normalized spacial score (nSPS) is 14.9. The Morgan fingerprint density at radius 1 is 1.11 bits per heavy atom. The fourth-order valence-electron chi connectivity index (χ4n) is 4.77. The minimum absolute atomic E-state index is 0.230. The van der Waals surface area contributed by atoms with E-state index in [0.717, 1.165) is 33.5 Å². The smallest absolute Gasteiger partial charge is 0.340 e. The van der Waals surface area contributed by atoms with Crippen molar-refractivity contribution < 1.29 is 23.5 Å². The van der Waals surface area contributed by atoms with Gasteiger partial charge in [-0.25, -0.2) is 14.0 Å². The number of carbonyl (C=O) groups is 2. The fourth-order valence-corrected chi connectivity index (χ4v) is 4.77. The first-order chi connectivity index (χ1) is 17.5. The van der Waals surface area contributed by atoms with Gasteiger partial charge in [-0.2, -0.15) is 0 Å². The molecule has 0 saturated heterocycles. The van der Waals surface area contributed by atoms with Crippen LogP contribution in [0.1, 0.15) is 40.1 Å². The molecule has 7 nitrogen and oxygen atoms in total. The zero-order chi connectivity index (χ0) is 25.2. The van der Waals surface area contributed by atoms with Gasteiger partial charge in [-0.3, -0.25) is 0 Å². The number of methoxy groups -OCH3 is 1. The number of urea groups is 1. The largest absolute Gasteiger partial charge is 0.497 e. The van der Waals surface area contributed by atoms with Gasteiger partial charge in [0, 0.05) is 23.1 Å². The summed E-state index contributed by atoms with van der Waals surface area (Å²) in [6.45, 7) is 2.38. The summed E-state index contributed by atoms with van der Waals surface area (Å²) < 4.78 is 24.3. The van der Waals surface area contributed by atoms with Gasteiger partial charge < -0.3 is 24.7 Å². The third-order valence-electron chi connectivity index (χ3n) is 6.44. The first-order valence-electron chi connectivity index (χ1n) is 11.8. The van der Waals surface area contributed by atoms with E-state index >= 15 is 0 Å². The molecule has 184 valence electrons. The van der Waals surface area contributed by atoms with E-state index in [1.165, 1.54) is 12.1 Å². The van der Waals surface area contributed by atoms with Crippen molar-refractivity contribution in [2.45, 2.75) is 19.4 Å². The predicted octanol–water partition coefficient (Wildman–Crippen LogP) is 5.67. The van der Waals surface area contributed by atoms with Crippen LogP contribution in [-0.2, 0) is 11.2 Å². The van der Waals surface area contributed by atoms with Crippen molar-refractivity contribution in [3.8, 4) is 5.75 Å². The lowest BCUT2D eigenvalue weighted by Gasteiger charge is -2.36. The van der Waals surface area contributed by atoms with Crippen molar-refractivity contribution in [3.05, 3.63) is 94.9 Å².